The highest BCUT2D eigenvalue weighted by Gasteiger charge is 2.29. The summed E-state index contributed by atoms with van der Waals surface area (Å²) < 4.78 is 54.5. The lowest BCUT2D eigenvalue weighted by atomic mass is 9.97. The van der Waals surface area contributed by atoms with Crippen LogP contribution in [0.4, 0.5) is 4.39 Å². The minimum atomic E-state index is -3.70. The third kappa shape index (κ3) is 4.63. The van der Waals surface area contributed by atoms with Crippen molar-refractivity contribution in [1.29, 1.82) is 0 Å². The van der Waals surface area contributed by atoms with Crippen molar-refractivity contribution in [2.45, 2.75) is 24.8 Å². The second-order valence-corrected chi connectivity index (χ2v) is 11.0. The number of hydrogen-bond acceptors (Lipinski definition) is 4. The molecule has 0 N–H and O–H groups in total. The third-order valence-electron chi connectivity index (χ3n) is 6.97. The zero-order chi connectivity index (χ0) is 26.2. The van der Waals surface area contributed by atoms with Gasteiger partial charge in [-0.15, -0.1) is 0 Å². The molecule has 37 heavy (non-hydrogen) atoms. The highest BCUT2D eigenvalue weighted by Crippen LogP contribution is 2.36. The average Bonchev–Trinajstić information content (AvgIpc) is 3.20. The lowest BCUT2D eigenvalue weighted by Crippen LogP contribution is -2.34. The predicted octanol–water partition coefficient (Wildman–Crippen LogP) is 5.63. The van der Waals surface area contributed by atoms with Crippen molar-refractivity contribution < 1.29 is 22.3 Å². The second kappa shape index (κ2) is 10.0. The van der Waals surface area contributed by atoms with E-state index >= 15 is 0 Å². The van der Waals surface area contributed by atoms with Crippen molar-refractivity contribution in [2.75, 3.05) is 27.3 Å². The largest absolute Gasteiger partial charge is 0.493 e. The molecule has 2 heterocycles. The quantitative estimate of drug-likeness (QED) is 0.317. The molecule has 0 unspecified atom stereocenters. The van der Waals surface area contributed by atoms with Gasteiger partial charge >= 0.3 is 0 Å². The van der Waals surface area contributed by atoms with Crippen molar-refractivity contribution in [2.24, 2.45) is 0 Å². The van der Waals surface area contributed by atoms with Crippen LogP contribution in [0.25, 0.3) is 16.5 Å². The molecule has 1 aliphatic rings. The van der Waals surface area contributed by atoms with Crippen molar-refractivity contribution >= 4 is 26.5 Å². The molecular formula is C29H29FN2O4S. The molecule has 8 heteroatoms. The first-order valence-electron chi connectivity index (χ1n) is 12.1. The molecule has 3 aromatic carbocycles. The van der Waals surface area contributed by atoms with Gasteiger partial charge in [-0.1, -0.05) is 36.4 Å². The van der Waals surface area contributed by atoms with Crippen LogP contribution < -0.4 is 9.47 Å². The molecule has 0 atom stereocenters. The van der Waals surface area contributed by atoms with Gasteiger partial charge in [0.25, 0.3) is 0 Å². The monoisotopic (exact) mass is 520 g/mol. The lowest BCUT2D eigenvalue weighted by Gasteiger charge is -2.26. The fourth-order valence-corrected chi connectivity index (χ4v) is 6.43. The molecule has 0 amide bonds. The number of ether oxygens (including phenoxy) is 2. The minimum absolute atomic E-state index is 0.175. The first-order valence-corrected chi connectivity index (χ1v) is 13.5. The van der Waals surface area contributed by atoms with Crippen LogP contribution in [-0.4, -0.2) is 44.6 Å². The van der Waals surface area contributed by atoms with Crippen molar-refractivity contribution in [3.8, 4) is 11.5 Å². The molecule has 5 rings (SSSR count). The van der Waals surface area contributed by atoms with Gasteiger partial charge in [-0.05, 0) is 54.8 Å². The maximum absolute atomic E-state index is 13.4. The predicted molar refractivity (Wildman–Crippen MR) is 143 cm³/mol. The van der Waals surface area contributed by atoms with E-state index in [0.29, 0.717) is 31.0 Å². The number of fused-ring (bicyclic) bond motifs is 1. The molecule has 0 saturated carbocycles. The summed E-state index contributed by atoms with van der Waals surface area (Å²) in [6, 6.07) is 19.5. The number of nitrogens with zero attached hydrogens (tertiary/aromatic N) is 2. The molecule has 6 nitrogen and oxygen atoms in total. The first-order chi connectivity index (χ1) is 17.8. The fraction of sp³-hybridized carbons (Fsp3) is 0.241. The van der Waals surface area contributed by atoms with E-state index in [1.165, 1.54) is 36.7 Å². The number of rotatable bonds is 7. The first kappa shape index (κ1) is 25.0. The fourth-order valence-electron chi connectivity index (χ4n) is 5.03. The Morgan fingerprint density at radius 2 is 1.68 bits per heavy atom. The number of hydrogen-bond donors (Lipinski definition) is 0. The molecule has 0 saturated heterocycles. The number of para-hydroxylation sites is 1. The van der Waals surface area contributed by atoms with Gasteiger partial charge in [0.2, 0.25) is 10.0 Å². The zero-order valence-corrected chi connectivity index (χ0v) is 21.9. The van der Waals surface area contributed by atoms with Crippen LogP contribution in [0.3, 0.4) is 0 Å². The van der Waals surface area contributed by atoms with Crippen LogP contribution >= 0.6 is 0 Å². The Morgan fingerprint density at radius 3 is 2.35 bits per heavy atom. The van der Waals surface area contributed by atoms with Gasteiger partial charge in [-0.3, -0.25) is 0 Å². The van der Waals surface area contributed by atoms with Crippen LogP contribution in [0.1, 0.15) is 23.2 Å². The highest BCUT2D eigenvalue weighted by atomic mass is 32.2. The molecule has 0 bridgehead atoms. The third-order valence-corrected chi connectivity index (χ3v) is 8.83. The van der Waals surface area contributed by atoms with E-state index in [4.69, 9.17) is 9.47 Å². The van der Waals surface area contributed by atoms with Gasteiger partial charge in [-0.25, -0.2) is 12.8 Å². The maximum Gasteiger partial charge on any atom is 0.243 e. The van der Waals surface area contributed by atoms with Gasteiger partial charge < -0.3 is 14.0 Å². The maximum atomic E-state index is 13.4. The Morgan fingerprint density at radius 1 is 0.946 bits per heavy atom. The smallest absolute Gasteiger partial charge is 0.243 e. The van der Waals surface area contributed by atoms with Gasteiger partial charge in [0.05, 0.1) is 19.1 Å². The van der Waals surface area contributed by atoms with E-state index in [9.17, 15) is 12.8 Å². The Bertz CT molecular complexity index is 1590. The summed E-state index contributed by atoms with van der Waals surface area (Å²) in [5.41, 5.74) is 5.49. The Kier molecular flexibility index (Phi) is 6.79. The average molecular weight is 521 g/mol. The summed E-state index contributed by atoms with van der Waals surface area (Å²) in [4.78, 5) is 0.175. The molecule has 0 radical (unpaired) electrons. The summed E-state index contributed by atoms with van der Waals surface area (Å²) in [6.07, 6.45) is 2.61. The molecule has 4 aromatic rings. The van der Waals surface area contributed by atoms with E-state index < -0.39 is 10.0 Å². The molecule has 192 valence electrons. The van der Waals surface area contributed by atoms with Gasteiger partial charge in [0.1, 0.15) is 5.82 Å². The summed E-state index contributed by atoms with van der Waals surface area (Å²) in [7, 11) is -0.699. The highest BCUT2D eigenvalue weighted by molar-refractivity contribution is 7.89. The van der Waals surface area contributed by atoms with Gasteiger partial charge in [-0.2, -0.15) is 4.31 Å². The SMILES string of the molecule is COc1ccc(S(=O)(=O)N2CC=C(c3c(C)n(Cc4ccc(F)cc4)c4ccccc34)CC2)cc1OC. The van der Waals surface area contributed by atoms with Crippen LogP contribution in [0.5, 0.6) is 11.5 Å². The van der Waals surface area contributed by atoms with E-state index in [1.54, 1.807) is 24.3 Å². The molecule has 0 fully saturated rings. The van der Waals surface area contributed by atoms with Crippen LogP contribution in [-0.2, 0) is 16.6 Å². The van der Waals surface area contributed by atoms with Crippen molar-refractivity contribution in [3.63, 3.8) is 0 Å². The topological polar surface area (TPSA) is 60.8 Å². The van der Waals surface area contributed by atoms with Crippen LogP contribution in [0.15, 0.2) is 77.7 Å². The number of benzene rings is 3. The molecule has 0 spiro atoms. The molecule has 1 aromatic heterocycles. The number of methoxy groups -OCH3 is 2. The number of sulfonamides is 1. The normalized spacial score (nSPS) is 14.5. The molecule has 1 aliphatic heterocycles. The Hall–Kier alpha value is -3.62. The lowest BCUT2D eigenvalue weighted by molar-refractivity contribution is 0.353. The summed E-state index contributed by atoms with van der Waals surface area (Å²) in [5, 5.41) is 1.13. The van der Waals surface area contributed by atoms with Crippen molar-refractivity contribution in [3.05, 3.63) is 95.4 Å². The Labute approximate surface area is 216 Å². The van der Waals surface area contributed by atoms with E-state index in [0.717, 1.165) is 33.3 Å². The van der Waals surface area contributed by atoms with Gasteiger partial charge in [0.15, 0.2) is 11.5 Å². The van der Waals surface area contributed by atoms with Crippen LogP contribution in [0.2, 0.25) is 0 Å². The van der Waals surface area contributed by atoms with Crippen LogP contribution in [0, 0.1) is 12.7 Å². The molecular weight excluding hydrogens is 491 g/mol. The number of aromatic nitrogens is 1. The molecule has 0 aliphatic carbocycles. The van der Waals surface area contributed by atoms with Gasteiger partial charge in [0, 0.05) is 47.9 Å². The summed E-state index contributed by atoms with van der Waals surface area (Å²) >= 11 is 0. The number of halogens is 1. The minimum Gasteiger partial charge on any atom is -0.493 e. The standard InChI is InChI=1S/C29H29FN2O4S/c1-20-29(25-6-4-5-7-26(25)32(20)19-21-8-10-23(30)11-9-21)22-14-16-31(17-15-22)37(33,34)24-12-13-27(35-2)28(18-24)36-3/h4-14,18H,15-17,19H2,1-3H3. The summed E-state index contributed by atoms with van der Waals surface area (Å²) in [5.74, 6) is 0.606. The zero-order valence-electron chi connectivity index (χ0n) is 21.1. The Balaban J connectivity index is 1.46. The van der Waals surface area contributed by atoms with E-state index in [2.05, 4.69) is 23.6 Å². The van der Waals surface area contributed by atoms with E-state index in [-0.39, 0.29) is 17.3 Å². The van der Waals surface area contributed by atoms with Crippen molar-refractivity contribution in [1.82, 2.24) is 8.87 Å². The van der Waals surface area contributed by atoms with E-state index in [1.807, 2.05) is 18.2 Å². The second-order valence-electron chi connectivity index (χ2n) is 9.05. The summed E-state index contributed by atoms with van der Waals surface area (Å²) in [6.45, 7) is 3.37.